The predicted octanol–water partition coefficient (Wildman–Crippen LogP) is 0.840. The molecule has 0 radical (unpaired) electrons. The Morgan fingerprint density at radius 2 is 2.50 bits per heavy atom. The predicted molar refractivity (Wildman–Crippen MR) is 61.7 cm³/mol. The number of hydrogen-bond donors (Lipinski definition) is 2. The minimum absolute atomic E-state index is 0.154. The van der Waals surface area contributed by atoms with Gasteiger partial charge in [0, 0.05) is 37.9 Å². The highest BCUT2D eigenvalue weighted by molar-refractivity contribution is 5.76. The molecule has 1 aromatic heterocycles. The van der Waals surface area contributed by atoms with Gasteiger partial charge in [-0.2, -0.15) is 0 Å². The van der Waals surface area contributed by atoms with Gasteiger partial charge in [0.15, 0.2) is 0 Å². The van der Waals surface area contributed by atoms with Gasteiger partial charge in [-0.25, -0.2) is 0 Å². The fourth-order valence-electron chi connectivity index (χ4n) is 1.91. The number of rotatable bonds is 3. The third-order valence-corrected chi connectivity index (χ3v) is 2.80. The Balaban J connectivity index is 1.83. The number of carbonyl (C=O) groups excluding carboxylic acids is 1. The van der Waals surface area contributed by atoms with Crippen LogP contribution in [-0.4, -0.2) is 23.5 Å². The maximum Gasteiger partial charge on any atom is 0.221 e. The third-order valence-electron chi connectivity index (χ3n) is 2.80. The average Bonchev–Trinajstić information content (AvgIpc) is 2.52. The summed E-state index contributed by atoms with van der Waals surface area (Å²) >= 11 is 0. The molecule has 2 rings (SSSR count). The van der Waals surface area contributed by atoms with Crippen molar-refractivity contribution in [1.29, 1.82) is 0 Å². The van der Waals surface area contributed by atoms with E-state index in [0.29, 0.717) is 12.5 Å². The summed E-state index contributed by atoms with van der Waals surface area (Å²) in [5.74, 6) is 0.154. The normalized spacial score (nSPS) is 21.2. The zero-order valence-corrected chi connectivity index (χ0v) is 9.28. The van der Waals surface area contributed by atoms with Gasteiger partial charge in [-0.15, -0.1) is 0 Å². The van der Waals surface area contributed by atoms with Crippen LogP contribution in [0.3, 0.4) is 0 Å². The SMILES string of the molecule is O=C1CC(NCc2cccnc2)CCCN1. The van der Waals surface area contributed by atoms with E-state index in [9.17, 15) is 4.79 Å². The second-order valence-corrected chi connectivity index (χ2v) is 4.14. The molecule has 1 saturated heterocycles. The molecule has 1 aliphatic rings. The van der Waals surface area contributed by atoms with Crippen LogP contribution in [0.1, 0.15) is 24.8 Å². The van der Waals surface area contributed by atoms with Crippen LogP contribution < -0.4 is 10.6 Å². The van der Waals surface area contributed by atoms with Crippen LogP contribution in [0.2, 0.25) is 0 Å². The molecule has 1 aromatic rings. The molecule has 4 heteroatoms. The summed E-state index contributed by atoms with van der Waals surface area (Å²) in [6.07, 6.45) is 6.31. The van der Waals surface area contributed by atoms with E-state index in [4.69, 9.17) is 0 Å². The molecule has 0 aromatic carbocycles. The van der Waals surface area contributed by atoms with E-state index in [0.717, 1.165) is 31.5 Å². The quantitative estimate of drug-likeness (QED) is 0.792. The molecular formula is C12H17N3O. The van der Waals surface area contributed by atoms with Crippen LogP contribution in [0.5, 0.6) is 0 Å². The van der Waals surface area contributed by atoms with Crippen molar-refractivity contribution in [1.82, 2.24) is 15.6 Å². The largest absolute Gasteiger partial charge is 0.356 e. The van der Waals surface area contributed by atoms with Crippen molar-refractivity contribution in [3.05, 3.63) is 30.1 Å². The summed E-state index contributed by atoms with van der Waals surface area (Å²) in [6, 6.07) is 4.26. The lowest BCUT2D eigenvalue weighted by atomic mass is 10.1. The molecule has 1 atom stereocenters. The van der Waals surface area contributed by atoms with Crippen molar-refractivity contribution in [2.45, 2.75) is 31.8 Å². The summed E-state index contributed by atoms with van der Waals surface area (Å²) in [6.45, 7) is 1.59. The highest BCUT2D eigenvalue weighted by Crippen LogP contribution is 2.07. The van der Waals surface area contributed by atoms with Crippen molar-refractivity contribution in [3.8, 4) is 0 Å². The molecular weight excluding hydrogens is 202 g/mol. The van der Waals surface area contributed by atoms with E-state index in [1.165, 1.54) is 0 Å². The average molecular weight is 219 g/mol. The number of nitrogens with one attached hydrogen (secondary N) is 2. The van der Waals surface area contributed by atoms with Crippen LogP contribution in [-0.2, 0) is 11.3 Å². The number of carbonyl (C=O) groups is 1. The van der Waals surface area contributed by atoms with Crippen LogP contribution >= 0.6 is 0 Å². The molecule has 16 heavy (non-hydrogen) atoms. The first-order valence-corrected chi connectivity index (χ1v) is 5.73. The number of aromatic nitrogens is 1. The van der Waals surface area contributed by atoms with Gasteiger partial charge in [0.25, 0.3) is 0 Å². The van der Waals surface area contributed by atoms with Crippen molar-refractivity contribution in [2.75, 3.05) is 6.54 Å². The zero-order valence-electron chi connectivity index (χ0n) is 9.28. The lowest BCUT2D eigenvalue weighted by molar-refractivity contribution is -0.121. The summed E-state index contributed by atoms with van der Waals surface area (Å²) in [4.78, 5) is 15.4. The molecule has 2 heterocycles. The van der Waals surface area contributed by atoms with Crippen molar-refractivity contribution in [3.63, 3.8) is 0 Å². The lowest BCUT2D eigenvalue weighted by Crippen LogP contribution is -2.32. The molecule has 2 N–H and O–H groups in total. The highest BCUT2D eigenvalue weighted by Gasteiger charge is 2.16. The Hall–Kier alpha value is -1.42. The van der Waals surface area contributed by atoms with E-state index in [1.807, 2.05) is 18.3 Å². The fraction of sp³-hybridized carbons (Fsp3) is 0.500. The Bertz CT molecular complexity index is 339. The lowest BCUT2D eigenvalue weighted by Gasteiger charge is -2.14. The van der Waals surface area contributed by atoms with E-state index in [-0.39, 0.29) is 5.91 Å². The molecule has 1 unspecified atom stereocenters. The Morgan fingerprint density at radius 1 is 1.56 bits per heavy atom. The Labute approximate surface area is 95.5 Å². The number of hydrogen-bond acceptors (Lipinski definition) is 3. The van der Waals surface area contributed by atoms with E-state index in [1.54, 1.807) is 6.20 Å². The molecule has 0 aliphatic carbocycles. The van der Waals surface area contributed by atoms with Crippen LogP contribution in [0, 0.1) is 0 Å². The molecule has 86 valence electrons. The first-order valence-electron chi connectivity index (χ1n) is 5.73. The van der Waals surface area contributed by atoms with Gasteiger partial charge in [0.05, 0.1) is 0 Å². The van der Waals surface area contributed by atoms with Gasteiger partial charge in [-0.1, -0.05) is 6.07 Å². The minimum atomic E-state index is 0.154. The van der Waals surface area contributed by atoms with Crippen LogP contribution in [0.15, 0.2) is 24.5 Å². The monoisotopic (exact) mass is 219 g/mol. The van der Waals surface area contributed by atoms with Crippen molar-refractivity contribution >= 4 is 5.91 Å². The van der Waals surface area contributed by atoms with Crippen molar-refractivity contribution in [2.24, 2.45) is 0 Å². The van der Waals surface area contributed by atoms with Gasteiger partial charge in [0.1, 0.15) is 0 Å². The smallest absolute Gasteiger partial charge is 0.221 e. The Morgan fingerprint density at radius 3 is 3.31 bits per heavy atom. The van der Waals surface area contributed by atoms with Crippen molar-refractivity contribution < 1.29 is 4.79 Å². The standard InChI is InChI=1S/C12H17N3O/c16-12-7-11(4-2-6-14-12)15-9-10-3-1-5-13-8-10/h1,3,5,8,11,15H,2,4,6-7,9H2,(H,14,16). The second-order valence-electron chi connectivity index (χ2n) is 4.14. The topological polar surface area (TPSA) is 54.0 Å². The first-order chi connectivity index (χ1) is 7.84. The van der Waals surface area contributed by atoms with Gasteiger partial charge in [-0.05, 0) is 24.5 Å². The molecule has 0 bridgehead atoms. The number of pyridine rings is 1. The van der Waals surface area contributed by atoms with Gasteiger partial charge < -0.3 is 10.6 Å². The third kappa shape index (κ3) is 3.31. The van der Waals surface area contributed by atoms with Crippen LogP contribution in [0.25, 0.3) is 0 Å². The minimum Gasteiger partial charge on any atom is -0.356 e. The summed E-state index contributed by atoms with van der Waals surface area (Å²) in [7, 11) is 0. The second kappa shape index (κ2) is 5.61. The van der Waals surface area contributed by atoms with Gasteiger partial charge >= 0.3 is 0 Å². The fourth-order valence-corrected chi connectivity index (χ4v) is 1.91. The maximum atomic E-state index is 11.3. The molecule has 1 amide bonds. The molecule has 0 saturated carbocycles. The van der Waals surface area contributed by atoms with Gasteiger partial charge in [-0.3, -0.25) is 9.78 Å². The molecule has 0 spiro atoms. The van der Waals surface area contributed by atoms with E-state index < -0.39 is 0 Å². The van der Waals surface area contributed by atoms with E-state index in [2.05, 4.69) is 15.6 Å². The highest BCUT2D eigenvalue weighted by atomic mass is 16.1. The summed E-state index contributed by atoms with van der Waals surface area (Å²) in [5.41, 5.74) is 1.16. The molecule has 4 nitrogen and oxygen atoms in total. The summed E-state index contributed by atoms with van der Waals surface area (Å²) < 4.78 is 0. The number of nitrogens with zero attached hydrogens (tertiary/aromatic N) is 1. The Kier molecular flexibility index (Phi) is 3.88. The first kappa shape index (κ1) is 11.1. The van der Waals surface area contributed by atoms with Crippen LogP contribution in [0.4, 0.5) is 0 Å². The zero-order chi connectivity index (χ0) is 11.2. The molecule has 1 fully saturated rings. The summed E-state index contributed by atoms with van der Waals surface area (Å²) in [5, 5.41) is 6.29. The molecule has 1 aliphatic heterocycles. The van der Waals surface area contributed by atoms with Gasteiger partial charge in [0.2, 0.25) is 5.91 Å². The maximum absolute atomic E-state index is 11.3. The number of amides is 1. The van der Waals surface area contributed by atoms with E-state index >= 15 is 0 Å².